The summed E-state index contributed by atoms with van der Waals surface area (Å²) in [4.78, 5) is 18.9. The molecule has 25 heavy (non-hydrogen) atoms. The molecule has 0 bridgehead atoms. The molecule has 1 amide bonds. The largest absolute Gasteiger partial charge is 0.339 e. The number of thiophene rings is 1. The Morgan fingerprint density at radius 2 is 2.40 bits per heavy atom. The van der Waals surface area contributed by atoms with E-state index >= 15 is 0 Å². The van der Waals surface area contributed by atoms with Crippen LogP contribution in [0.2, 0.25) is 0 Å². The summed E-state index contributed by atoms with van der Waals surface area (Å²) in [6, 6.07) is 1.97. The van der Waals surface area contributed by atoms with Gasteiger partial charge in [0.25, 0.3) is 5.91 Å². The molecule has 4 rings (SSSR count). The first-order valence-electron chi connectivity index (χ1n) is 8.20. The van der Waals surface area contributed by atoms with E-state index in [1.165, 1.54) is 0 Å². The highest BCUT2D eigenvalue weighted by molar-refractivity contribution is 7.08. The van der Waals surface area contributed by atoms with Crippen LogP contribution in [0.25, 0.3) is 11.4 Å². The summed E-state index contributed by atoms with van der Waals surface area (Å²) in [5.74, 6) is 1.49. The second-order valence-electron chi connectivity index (χ2n) is 6.26. The van der Waals surface area contributed by atoms with Crippen molar-refractivity contribution in [3.8, 4) is 11.4 Å². The maximum absolute atomic E-state index is 12.5. The van der Waals surface area contributed by atoms with Gasteiger partial charge in [0, 0.05) is 37.5 Å². The third kappa shape index (κ3) is 3.46. The zero-order valence-electron chi connectivity index (χ0n) is 13.8. The van der Waals surface area contributed by atoms with Crippen LogP contribution in [-0.4, -0.2) is 49.0 Å². The van der Waals surface area contributed by atoms with Gasteiger partial charge in [0.05, 0.1) is 6.20 Å². The lowest BCUT2D eigenvalue weighted by Gasteiger charge is -2.31. The molecule has 9 heteroatoms. The molecule has 130 valence electrons. The maximum atomic E-state index is 12.5. The number of aromatic nitrogens is 5. The third-order valence-corrected chi connectivity index (χ3v) is 5.02. The quantitative estimate of drug-likeness (QED) is 0.709. The van der Waals surface area contributed by atoms with Gasteiger partial charge in [-0.2, -0.15) is 16.3 Å². The maximum Gasteiger partial charge on any atom is 0.276 e. The Kier molecular flexibility index (Phi) is 4.31. The highest BCUT2D eigenvalue weighted by atomic mass is 32.1. The molecular formula is C16H18N6O2S. The van der Waals surface area contributed by atoms with Crippen LogP contribution in [0, 0.1) is 5.92 Å². The lowest BCUT2D eigenvalue weighted by molar-refractivity contribution is 0.0662. The van der Waals surface area contributed by atoms with Crippen LogP contribution in [0.4, 0.5) is 0 Å². The molecule has 0 radical (unpaired) electrons. The van der Waals surface area contributed by atoms with Gasteiger partial charge in [-0.25, -0.2) is 0 Å². The Bertz CT molecular complexity index is 856. The van der Waals surface area contributed by atoms with E-state index in [1.807, 2.05) is 21.7 Å². The first-order chi connectivity index (χ1) is 12.2. The van der Waals surface area contributed by atoms with Crippen LogP contribution in [0.5, 0.6) is 0 Å². The molecule has 0 aliphatic carbocycles. The normalized spacial score (nSPS) is 17.8. The molecule has 8 nitrogen and oxygen atoms in total. The van der Waals surface area contributed by atoms with Gasteiger partial charge in [-0.3, -0.25) is 9.48 Å². The zero-order valence-corrected chi connectivity index (χ0v) is 14.6. The molecule has 0 unspecified atom stereocenters. The first kappa shape index (κ1) is 15.9. The van der Waals surface area contributed by atoms with Crippen molar-refractivity contribution in [3.05, 3.63) is 34.6 Å². The molecule has 1 aliphatic heterocycles. The minimum absolute atomic E-state index is 0.0673. The van der Waals surface area contributed by atoms with Crippen molar-refractivity contribution in [3.63, 3.8) is 0 Å². The molecule has 1 aliphatic rings. The highest BCUT2D eigenvalue weighted by Gasteiger charge is 2.27. The molecule has 0 N–H and O–H groups in total. The molecule has 1 atom stereocenters. The van der Waals surface area contributed by atoms with E-state index in [9.17, 15) is 4.79 Å². The number of amides is 1. The number of carbonyl (C=O) groups excluding carboxylic acids is 1. The number of aryl methyl sites for hydroxylation is 1. The molecular weight excluding hydrogens is 340 g/mol. The minimum Gasteiger partial charge on any atom is -0.339 e. The van der Waals surface area contributed by atoms with E-state index in [-0.39, 0.29) is 5.91 Å². The summed E-state index contributed by atoms with van der Waals surface area (Å²) < 4.78 is 6.93. The summed E-state index contributed by atoms with van der Waals surface area (Å²) in [5, 5.41) is 15.8. The fraction of sp³-hybridized carbons (Fsp3) is 0.438. The highest BCUT2D eigenvalue weighted by Crippen LogP contribution is 2.23. The Balaban J connectivity index is 1.41. The summed E-state index contributed by atoms with van der Waals surface area (Å²) in [6.45, 7) is 1.42. The van der Waals surface area contributed by atoms with Crippen LogP contribution in [0.3, 0.4) is 0 Å². The predicted molar refractivity (Wildman–Crippen MR) is 90.9 cm³/mol. The number of piperidine rings is 1. The van der Waals surface area contributed by atoms with E-state index in [4.69, 9.17) is 4.52 Å². The number of hydrogen-bond acceptors (Lipinski definition) is 7. The smallest absolute Gasteiger partial charge is 0.276 e. The molecule has 0 saturated carbocycles. The van der Waals surface area contributed by atoms with E-state index in [1.54, 1.807) is 29.3 Å². The summed E-state index contributed by atoms with van der Waals surface area (Å²) in [7, 11) is 1.75. The van der Waals surface area contributed by atoms with Crippen molar-refractivity contribution in [2.45, 2.75) is 19.3 Å². The molecule has 3 aromatic heterocycles. The third-order valence-electron chi connectivity index (χ3n) is 4.34. The molecule has 3 aromatic rings. The predicted octanol–water partition coefficient (Wildman–Crippen LogP) is 2.02. The number of nitrogens with zero attached hydrogens (tertiary/aromatic N) is 6. The van der Waals surface area contributed by atoms with Crippen molar-refractivity contribution in [2.75, 3.05) is 13.1 Å². The van der Waals surface area contributed by atoms with Crippen molar-refractivity contribution >= 4 is 17.2 Å². The number of rotatable bonds is 4. The standard InChI is InChI=1S/C16H18N6O2S/c1-21-9-13(18-20-21)16(23)22-5-2-3-11(8-22)7-14-17-15(19-24-14)12-4-6-25-10-12/h4,6,9-11H,2-3,5,7-8H2,1H3/t11-/m1/s1. The van der Waals surface area contributed by atoms with Gasteiger partial charge in [0.2, 0.25) is 11.7 Å². The van der Waals surface area contributed by atoms with Gasteiger partial charge >= 0.3 is 0 Å². The fourth-order valence-electron chi connectivity index (χ4n) is 3.12. The van der Waals surface area contributed by atoms with Gasteiger partial charge in [0.15, 0.2) is 5.69 Å². The van der Waals surface area contributed by atoms with Gasteiger partial charge in [-0.1, -0.05) is 10.4 Å². The second kappa shape index (κ2) is 6.75. The van der Waals surface area contributed by atoms with E-state index in [0.717, 1.165) is 24.9 Å². The Morgan fingerprint density at radius 3 is 3.16 bits per heavy atom. The van der Waals surface area contributed by atoms with Crippen molar-refractivity contribution < 1.29 is 9.32 Å². The van der Waals surface area contributed by atoms with E-state index in [0.29, 0.717) is 36.3 Å². The lowest BCUT2D eigenvalue weighted by Crippen LogP contribution is -2.40. The molecule has 1 fully saturated rings. The molecule has 0 spiro atoms. The lowest BCUT2D eigenvalue weighted by atomic mass is 9.94. The average molecular weight is 358 g/mol. The topological polar surface area (TPSA) is 89.9 Å². The average Bonchev–Trinajstić information content (AvgIpc) is 3.35. The van der Waals surface area contributed by atoms with Gasteiger partial charge < -0.3 is 9.42 Å². The Morgan fingerprint density at radius 1 is 1.48 bits per heavy atom. The van der Waals surface area contributed by atoms with Crippen molar-refractivity contribution in [2.24, 2.45) is 13.0 Å². The van der Waals surface area contributed by atoms with E-state index in [2.05, 4.69) is 20.5 Å². The van der Waals surface area contributed by atoms with Gasteiger partial charge in [0.1, 0.15) is 0 Å². The summed E-state index contributed by atoms with van der Waals surface area (Å²) in [6.07, 6.45) is 4.33. The zero-order chi connectivity index (χ0) is 17.2. The monoisotopic (exact) mass is 358 g/mol. The number of hydrogen-bond donors (Lipinski definition) is 0. The second-order valence-corrected chi connectivity index (χ2v) is 7.04. The van der Waals surface area contributed by atoms with Crippen LogP contribution in [0.1, 0.15) is 29.2 Å². The number of carbonyl (C=O) groups is 1. The molecule has 4 heterocycles. The van der Waals surface area contributed by atoms with Crippen LogP contribution >= 0.6 is 11.3 Å². The van der Waals surface area contributed by atoms with Gasteiger partial charge in [-0.05, 0) is 30.2 Å². The molecule has 1 saturated heterocycles. The summed E-state index contributed by atoms with van der Waals surface area (Å²) in [5.41, 5.74) is 1.36. The Hall–Kier alpha value is -2.55. The van der Waals surface area contributed by atoms with Crippen LogP contribution in [-0.2, 0) is 13.5 Å². The molecule has 0 aromatic carbocycles. The van der Waals surface area contributed by atoms with Gasteiger partial charge in [-0.15, -0.1) is 5.10 Å². The first-order valence-corrected chi connectivity index (χ1v) is 9.14. The minimum atomic E-state index is -0.0673. The van der Waals surface area contributed by atoms with E-state index < -0.39 is 0 Å². The Labute approximate surface area is 148 Å². The van der Waals surface area contributed by atoms with Crippen LogP contribution in [0.15, 0.2) is 27.5 Å². The SMILES string of the molecule is Cn1cc(C(=O)N2CCC[C@H](Cc3nc(-c4ccsc4)no3)C2)nn1. The van der Waals surface area contributed by atoms with Crippen molar-refractivity contribution in [1.82, 2.24) is 30.0 Å². The van der Waals surface area contributed by atoms with Crippen LogP contribution < -0.4 is 0 Å². The summed E-state index contributed by atoms with van der Waals surface area (Å²) >= 11 is 1.60. The number of likely N-dealkylation sites (tertiary alicyclic amines) is 1. The fourth-order valence-corrected chi connectivity index (χ4v) is 3.75. The van der Waals surface area contributed by atoms with Crippen molar-refractivity contribution in [1.29, 1.82) is 0 Å².